The van der Waals surface area contributed by atoms with E-state index in [0.29, 0.717) is 0 Å². The Hall–Kier alpha value is -1.86. The second-order valence-electron chi connectivity index (χ2n) is 5.13. The second kappa shape index (κ2) is 6.35. The fourth-order valence-electron chi connectivity index (χ4n) is 2.42. The van der Waals surface area contributed by atoms with Gasteiger partial charge in [-0.2, -0.15) is 0 Å². The third kappa shape index (κ3) is 3.55. The van der Waals surface area contributed by atoms with Crippen molar-refractivity contribution >= 4 is 5.57 Å². The van der Waals surface area contributed by atoms with E-state index < -0.39 is 0 Å². The molecule has 0 heterocycles. The first-order chi connectivity index (χ1) is 9.18. The molecule has 0 saturated heterocycles. The van der Waals surface area contributed by atoms with Gasteiger partial charge in [-0.05, 0) is 37.7 Å². The summed E-state index contributed by atoms with van der Waals surface area (Å²) in [7, 11) is 4.22. The highest BCUT2D eigenvalue weighted by Crippen LogP contribution is 2.26. The molecular weight excluding hydrogens is 230 g/mol. The van der Waals surface area contributed by atoms with Gasteiger partial charge in [0.1, 0.15) is 0 Å². The standard InChI is InChI=1S/C18H21N/c1-15(14-19(2)3)18(16-10-6-4-7-11-16)17-12-8-5-9-13-17/h4-13H,14H2,1-3H3. The van der Waals surface area contributed by atoms with Crippen LogP contribution in [0.5, 0.6) is 0 Å². The van der Waals surface area contributed by atoms with Crippen LogP contribution in [0, 0.1) is 0 Å². The van der Waals surface area contributed by atoms with Crippen molar-refractivity contribution in [3.05, 3.63) is 77.4 Å². The molecule has 0 fully saturated rings. The van der Waals surface area contributed by atoms with Gasteiger partial charge in [0.2, 0.25) is 0 Å². The highest BCUT2D eigenvalue weighted by Gasteiger charge is 2.08. The summed E-state index contributed by atoms with van der Waals surface area (Å²) in [5.41, 5.74) is 5.30. The zero-order valence-corrected chi connectivity index (χ0v) is 11.9. The summed E-state index contributed by atoms with van der Waals surface area (Å²) in [5.74, 6) is 0. The maximum atomic E-state index is 2.22. The van der Waals surface area contributed by atoms with Crippen molar-refractivity contribution in [2.75, 3.05) is 20.6 Å². The number of nitrogens with zero attached hydrogens (tertiary/aromatic N) is 1. The van der Waals surface area contributed by atoms with E-state index in [1.807, 2.05) is 0 Å². The number of hydrogen-bond donors (Lipinski definition) is 0. The van der Waals surface area contributed by atoms with E-state index in [-0.39, 0.29) is 0 Å². The lowest BCUT2D eigenvalue weighted by atomic mass is 9.93. The summed E-state index contributed by atoms with van der Waals surface area (Å²) in [6.45, 7) is 3.19. The topological polar surface area (TPSA) is 3.24 Å². The van der Waals surface area contributed by atoms with Crippen LogP contribution in [0.15, 0.2) is 66.2 Å². The van der Waals surface area contributed by atoms with E-state index >= 15 is 0 Å². The van der Waals surface area contributed by atoms with Crippen LogP contribution in [0.3, 0.4) is 0 Å². The highest BCUT2D eigenvalue weighted by molar-refractivity contribution is 5.82. The van der Waals surface area contributed by atoms with Gasteiger partial charge in [-0.3, -0.25) is 0 Å². The minimum absolute atomic E-state index is 0.971. The first kappa shape index (κ1) is 13.6. The van der Waals surface area contributed by atoms with Gasteiger partial charge in [-0.15, -0.1) is 0 Å². The van der Waals surface area contributed by atoms with Crippen LogP contribution in [0.1, 0.15) is 18.1 Å². The fourth-order valence-corrected chi connectivity index (χ4v) is 2.42. The molecule has 2 rings (SSSR count). The molecular formula is C18H21N. The first-order valence-electron chi connectivity index (χ1n) is 6.64. The van der Waals surface area contributed by atoms with E-state index in [9.17, 15) is 0 Å². The molecule has 0 N–H and O–H groups in total. The van der Waals surface area contributed by atoms with E-state index in [1.165, 1.54) is 22.3 Å². The average molecular weight is 251 g/mol. The number of benzene rings is 2. The molecule has 0 radical (unpaired) electrons. The van der Waals surface area contributed by atoms with Crippen molar-refractivity contribution in [3.8, 4) is 0 Å². The number of likely N-dealkylation sites (N-methyl/N-ethyl adjacent to an activating group) is 1. The molecule has 0 saturated carbocycles. The van der Waals surface area contributed by atoms with Crippen molar-refractivity contribution in [1.82, 2.24) is 4.90 Å². The molecule has 0 aliphatic carbocycles. The smallest absolute Gasteiger partial charge is 0.0193 e. The van der Waals surface area contributed by atoms with Crippen LogP contribution in [0.25, 0.3) is 5.57 Å². The Morgan fingerprint density at radius 1 is 0.789 bits per heavy atom. The van der Waals surface area contributed by atoms with Crippen LogP contribution >= 0.6 is 0 Å². The summed E-state index contributed by atoms with van der Waals surface area (Å²) in [6, 6.07) is 21.2. The molecule has 0 amide bonds. The Balaban J connectivity index is 2.52. The lowest BCUT2D eigenvalue weighted by Crippen LogP contribution is -2.15. The van der Waals surface area contributed by atoms with Crippen LogP contribution in [-0.4, -0.2) is 25.5 Å². The van der Waals surface area contributed by atoms with Crippen molar-refractivity contribution < 1.29 is 0 Å². The third-order valence-electron chi connectivity index (χ3n) is 3.11. The highest BCUT2D eigenvalue weighted by atomic mass is 15.0. The van der Waals surface area contributed by atoms with Gasteiger partial charge in [0.15, 0.2) is 0 Å². The van der Waals surface area contributed by atoms with Crippen LogP contribution in [0.4, 0.5) is 0 Å². The number of hydrogen-bond acceptors (Lipinski definition) is 1. The summed E-state index contributed by atoms with van der Waals surface area (Å²) >= 11 is 0. The lowest BCUT2D eigenvalue weighted by Gasteiger charge is -2.17. The van der Waals surface area contributed by atoms with Gasteiger partial charge in [0.05, 0.1) is 0 Å². The van der Waals surface area contributed by atoms with Gasteiger partial charge in [0, 0.05) is 6.54 Å². The van der Waals surface area contributed by atoms with Gasteiger partial charge < -0.3 is 4.90 Å². The molecule has 2 aromatic rings. The van der Waals surface area contributed by atoms with Crippen molar-refractivity contribution in [2.45, 2.75) is 6.92 Å². The molecule has 2 aromatic carbocycles. The summed E-state index contributed by atoms with van der Waals surface area (Å²) in [5, 5.41) is 0. The zero-order valence-electron chi connectivity index (χ0n) is 11.9. The maximum absolute atomic E-state index is 2.22. The van der Waals surface area contributed by atoms with Gasteiger partial charge in [-0.1, -0.05) is 66.2 Å². The van der Waals surface area contributed by atoms with Crippen LogP contribution in [0.2, 0.25) is 0 Å². The molecule has 0 unspecified atom stereocenters. The Morgan fingerprint density at radius 2 is 1.21 bits per heavy atom. The predicted octanol–water partition coefficient (Wildman–Crippen LogP) is 4.07. The van der Waals surface area contributed by atoms with E-state index in [1.54, 1.807) is 0 Å². The number of rotatable bonds is 4. The molecule has 98 valence electrons. The maximum Gasteiger partial charge on any atom is 0.0193 e. The molecule has 0 atom stereocenters. The van der Waals surface area contributed by atoms with Crippen molar-refractivity contribution in [1.29, 1.82) is 0 Å². The first-order valence-corrected chi connectivity index (χ1v) is 6.64. The Morgan fingerprint density at radius 3 is 1.58 bits per heavy atom. The zero-order chi connectivity index (χ0) is 13.7. The Kier molecular flexibility index (Phi) is 4.53. The quantitative estimate of drug-likeness (QED) is 0.791. The summed E-state index contributed by atoms with van der Waals surface area (Å²) in [4.78, 5) is 2.21. The minimum Gasteiger partial charge on any atom is -0.305 e. The molecule has 0 aliphatic heterocycles. The van der Waals surface area contributed by atoms with Gasteiger partial charge in [-0.25, -0.2) is 0 Å². The van der Waals surface area contributed by atoms with E-state index in [4.69, 9.17) is 0 Å². The predicted molar refractivity (Wildman–Crippen MR) is 83.1 cm³/mol. The van der Waals surface area contributed by atoms with Crippen LogP contribution < -0.4 is 0 Å². The van der Waals surface area contributed by atoms with Gasteiger partial charge >= 0.3 is 0 Å². The fraction of sp³-hybridized carbons (Fsp3) is 0.222. The molecule has 0 bridgehead atoms. The van der Waals surface area contributed by atoms with Crippen molar-refractivity contribution in [2.24, 2.45) is 0 Å². The van der Waals surface area contributed by atoms with E-state index in [0.717, 1.165) is 6.54 Å². The second-order valence-corrected chi connectivity index (χ2v) is 5.13. The Bertz CT molecular complexity index is 497. The molecule has 19 heavy (non-hydrogen) atoms. The monoisotopic (exact) mass is 251 g/mol. The molecule has 0 spiro atoms. The molecule has 0 aromatic heterocycles. The molecule has 1 nitrogen and oxygen atoms in total. The summed E-state index contributed by atoms with van der Waals surface area (Å²) < 4.78 is 0. The van der Waals surface area contributed by atoms with Gasteiger partial charge in [0.25, 0.3) is 0 Å². The minimum atomic E-state index is 0.971. The Labute approximate surface area is 116 Å². The molecule has 1 heteroatoms. The van der Waals surface area contributed by atoms with E-state index in [2.05, 4.69) is 86.6 Å². The molecule has 0 aliphatic rings. The normalized spacial score (nSPS) is 10.5. The largest absolute Gasteiger partial charge is 0.305 e. The summed E-state index contributed by atoms with van der Waals surface area (Å²) in [6.07, 6.45) is 0. The SMILES string of the molecule is CC(CN(C)C)=C(c1ccccc1)c1ccccc1. The lowest BCUT2D eigenvalue weighted by molar-refractivity contribution is 0.446. The van der Waals surface area contributed by atoms with Crippen LogP contribution in [-0.2, 0) is 0 Å². The van der Waals surface area contributed by atoms with Crippen molar-refractivity contribution in [3.63, 3.8) is 0 Å². The third-order valence-corrected chi connectivity index (χ3v) is 3.11. The average Bonchev–Trinajstić information content (AvgIpc) is 2.40.